The zero-order chi connectivity index (χ0) is 13.1. The van der Waals surface area contributed by atoms with E-state index in [1.807, 2.05) is 11.8 Å². The van der Waals surface area contributed by atoms with Crippen LogP contribution in [0.4, 0.5) is 5.82 Å². The Morgan fingerprint density at radius 3 is 3.06 bits per heavy atom. The first-order valence-corrected chi connectivity index (χ1v) is 5.96. The largest absolute Gasteiger partial charge is 0.481 e. The molecule has 5 heteroatoms. The molecule has 0 aliphatic carbocycles. The van der Waals surface area contributed by atoms with Crippen molar-refractivity contribution in [3.63, 3.8) is 0 Å². The fourth-order valence-corrected chi connectivity index (χ4v) is 2.26. The van der Waals surface area contributed by atoms with Crippen molar-refractivity contribution in [2.45, 2.75) is 19.8 Å². The molecule has 1 saturated heterocycles. The Hall–Kier alpha value is -2.09. The minimum Gasteiger partial charge on any atom is -0.481 e. The molecule has 2 rings (SSSR count). The highest BCUT2D eigenvalue weighted by atomic mass is 16.4. The van der Waals surface area contributed by atoms with Gasteiger partial charge in [0, 0.05) is 18.8 Å². The quantitative estimate of drug-likeness (QED) is 0.855. The molecule has 1 fully saturated rings. The Labute approximate surface area is 106 Å². The van der Waals surface area contributed by atoms with Crippen molar-refractivity contribution in [1.82, 2.24) is 4.98 Å². The molecule has 1 unspecified atom stereocenters. The van der Waals surface area contributed by atoms with E-state index in [-0.39, 0.29) is 5.92 Å². The highest BCUT2D eigenvalue weighted by molar-refractivity contribution is 5.71. The number of carboxylic acid groups (broad SMARTS) is 1. The molecule has 1 aromatic heterocycles. The van der Waals surface area contributed by atoms with Crippen LogP contribution in [0.25, 0.3) is 0 Å². The van der Waals surface area contributed by atoms with E-state index < -0.39 is 5.97 Å². The van der Waals surface area contributed by atoms with Crippen molar-refractivity contribution in [3.05, 3.63) is 23.4 Å². The fraction of sp³-hybridized carbons (Fsp3) is 0.462. The van der Waals surface area contributed by atoms with Crippen molar-refractivity contribution < 1.29 is 9.90 Å². The summed E-state index contributed by atoms with van der Waals surface area (Å²) >= 11 is 0. The van der Waals surface area contributed by atoms with Gasteiger partial charge >= 0.3 is 5.97 Å². The van der Waals surface area contributed by atoms with Gasteiger partial charge < -0.3 is 10.0 Å². The number of nitriles is 1. The summed E-state index contributed by atoms with van der Waals surface area (Å²) in [5, 5.41) is 18.0. The average Bonchev–Trinajstić information content (AvgIpc) is 2.38. The van der Waals surface area contributed by atoms with Crippen LogP contribution in [-0.2, 0) is 4.79 Å². The molecule has 18 heavy (non-hydrogen) atoms. The molecule has 0 spiro atoms. The first kappa shape index (κ1) is 12.4. The molecule has 94 valence electrons. The third kappa shape index (κ3) is 2.59. The van der Waals surface area contributed by atoms with E-state index in [9.17, 15) is 4.79 Å². The summed E-state index contributed by atoms with van der Waals surface area (Å²) in [6.45, 7) is 3.10. The van der Waals surface area contributed by atoms with Gasteiger partial charge in [-0.25, -0.2) is 4.98 Å². The van der Waals surface area contributed by atoms with Crippen LogP contribution in [0.2, 0.25) is 0 Å². The number of piperidine rings is 1. The minimum atomic E-state index is -0.757. The summed E-state index contributed by atoms with van der Waals surface area (Å²) in [7, 11) is 0. The number of anilines is 1. The highest BCUT2D eigenvalue weighted by Gasteiger charge is 2.26. The zero-order valence-electron chi connectivity index (χ0n) is 10.3. The van der Waals surface area contributed by atoms with Gasteiger partial charge in [0.1, 0.15) is 5.82 Å². The Bertz CT molecular complexity index is 507. The third-order valence-electron chi connectivity index (χ3n) is 3.16. The monoisotopic (exact) mass is 245 g/mol. The summed E-state index contributed by atoms with van der Waals surface area (Å²) in [4.78, 5) is 17.4. The summed E-state index contributed by atoms with van der Waals surface area (Å²) in [5.41, 5.74) is 1.34. The summed E-state index contributed by atoms with van der Waals surface area (Å²) in [5.74, 6) is -0.392. The van der Waals surface area contributed by atoms with Crippen LogP contribution in [-0.4, -0.2) is 29.1 Å². The van der Waals surface area contributed by atoms with Gasteiger partial charge in [-0.15, -0.1) is 0 Å². The van der Waals surface area contributed by atoms with E-state index in [0.29, 0.717) is 24.3 Å². The smallest absolute Gasteiger partial charge is 0.308 e. The third-order valence-corrected chi connectivity index (χ3v) is 3.16. The van der Waals surface area contributed by atoms with Crippen molar-refractivity contribution >= 4 is 11.8 Å². The number of aryl methyl sites for hydroxylation is 1. The SMILES string of the molecule is Cc1cc(C#N)cc(N2CCCC(C(=O)O)C2)n1. The Morgan fingerprint density at radius 2 is 2.39 bits per heavy atom. The molecule has 1 aliphatic heterocycles. The van der Waals surface area contributed by atoms with E-state index in [1.165, 1.54) is 0 Å². The lowest BCUT2D eigenvalue weighted by atomic mass is 9.98. The average molecular weight is 245 g/mol. The molecule has 1 atom stereocenters. The molecular weight excluding hydrogens is 230 g/mol. The predicted molar refractivity (Wildman–Crippen MR) is 66.3 cm³/mol. The molecule has 0 radical (unpaired) electrons. The Morgan fingerprint density at radius 1 is 1.61 bits per heavy atom. The van der Waals surface area contributed by atoms with Crippen LogP contribution in [0.15, 0.2) is 12.1 Å². The second-order valence-corrected chi connectivity index (χ2v) is 4.59. The van der Waals surface area contributed by atoms with E-state index in [0.717, 1.165) is 18.7 Å². The van der Waals surface area contributed by atoms with Crippen LogP contribution in [0.5, 0.6) is 0 Å². The minimum absolute atomic E-state index is 0.341. The first-order chi connectivity index (χ1) is 8.60. The molecule has 1 aliphatic rings. The van der Waals surface area contributed by atoms with Gasteiger partial charge in [-0.1, -0.05) is 0 Å². The van der Waals surface area contributed by atoms with Crippen LogP contribution in [0.1, 0.15) is 24.1 Å². The van der Waals surface area contributed by atoms with Crippen molar-refractivity contribution in [2.24, 2.45) is 5.92 Å². The van der Waals surface area contributed by atoms with Crippen molar-refractivity contribution in [1.29, 1.82) is 5.26 Å². The van der Waals surface area contributed by atoms with Gasteiger partial charge in [-0.3, -0.25) is 4.79 Å². The number of nitrogens with zero attached hydrogens (tertiary/aromatic N) is 3. The lowest BCUT2D eigenvalue weighted by Gasteiger charge is -2.31. The predicted octanol–water partition coefficient (Wildman–Crippen LogP) is 1.56. The molecule has 0 bridgehead atoms. The van der Waals surface area contributed by atoms with Gasteiger partial charge in [0.2, 0.25) is 0 Å². The van der Waals surface area contributed by atoms with E-state index >= 15 is 0 Å². The molecule has 1 N–H and O–H groups in total. The van der Waals surface area contributed by atoms with Crippen molar-refractivity contribution in [3.8, 4) is 6.07 Å². The number of aliphatic carboxylic acids is 1. The number of carbonyl (C=O) groups is 1. The number of rotatable bonds is 2. The second kappa shape index (κ2) is 5.05. The Balaban J connectivity index is 2.23. The lowest BCUT2D eigenvalue weighted by Crippen LogP contribution is -2.39. The lowest BCUT2D eigenvalue weighted by molar-refractivity contribution is -0.141. The summed E-state index contributed by atoms with van der Waals surface area (Å²) in [6, 6.07) is 5.54. The molecule has 5 nitrogen and oxygen atoms in total. The van der Waals surface area contributed by atoms with Gasteiger partial charge in [-0.05, 0) is 31.9 Å². The molecule has 2 heterocycles. The number of aromatic nitrogens is 1. The van der Waals surface area contributed by atoms with Crippen LogP contribution < -0.4 is 4.90 Å². The van der Waals surface area contributed by atoms with Crippen LogP contribution in [0, 0.1) is 24.2 Å². The first-order valence-electron chi connectivity index (χ1n) is 5.96. The van der Waals surface area contributed by atoms with E-state index in [1.54, 1.807) is 12.1 Å². The number of pyridine rings is 1. The molecule has 0 saturated carbocycles. The van der Waals surface area contributed by atoms with Crippen LogP contribution >= 0.6 is 0 Å². The number of hydrogen-bond donors (Lipinski definition) is 1. The summed E-state index contributed by atoms with van der Waals surface area (Å²) < 4.78 is 0. The summed E-state index contributed by atoms with van der Waals surface area (Å²) in [6.07, 6.45) is 1.55. The zero-order valence-corrected chi connectivity index (χ0v) is 10.3. The maximum Gasteiger partial charge on any atom is 0.308 e. The number of hydrogen-bond acceptors (Lipinski definition) is 4. The standard InChI is InChI=1S/C13H15N3O2/c1-9-5-10(7-14)6-12(15-9)16-4-2-3-11(8-16)13(17)18/h5-6,11H,2-4,8H2,1H3,(H,17,18). The molecule has 1 aromatic rings. The van der Waals surface area contributed by atoms with Gasteiger partial charge in [0.05, 0.1) is 17.6 Å². The maximum atomic E-state index is 11.0. The number of carboxylic acids is 1. The van der Waals surface area contributed by atoms with Gasteiger partial charge in [0.25, 0.3) is 0 Å². The molecule has 0 aromatic carbocycles. The van der Waals surface area contributed by atoms with Gasteiger partial charge in [0.15, 0.2) is 0 Å². The Kier molecular flexibility index (Phi) is 3.47. The fourth-order valence-electron chi connectivity index (χ4n) is 2.26. The maximum absolute atomic E-state index is 11.0. The van der Waals surface area contributed by atoms with Crippen LogP contribution in [0.3, 0.4) is 0 Å². The van der Waals surface area contributed by atoms with E-state index in [4.69, 9.17) is 10.4 Å². The van der Waals surface area contributed by atoms with Gasteiger partial charge in [-0.2, -0.15) is 5.26 Å². The van der Waals surface area contributed by atoms with Crippen molar-refractivity contribution in [2.75, 3.05) is 18.0 Å². The normalized spacial score (nSPS) is 19.3. The van der Waals surface area contributed by atoms with E-state index in [2.05, 4.69) is 11.1 Å². The topological polar surface area (TPSA) is 77.2 Å². The molecular formula is C13H15N3O2. The second-order valence-electron chi connectivity index (χ2n) is 4.59. The molecule has 0 amide bonds. The highest BCUT2D eigenvalue weighted by Crippen LogP contribution is 2.23.